The fourth-order valence-electron chi connectivity index (χ4n) is 6.84. The largest absolute Gasteiger partial charge is 0.472 e. The van der Waals surface area contributed by atoms with Gasteiger partial charge in [0.2, 0.25) is 5.91 Å². The van der Waals surface area contributed by atoms with Crippen molar-refractivity contribution < 1.29 is 37.3 Å². The number of nitrogens with zero attached hydrogens (tertiary/aromatic N) is 1. The quantitative estimate of drug-likeness (QED) is 0.0156. The van der Waals surface area contributed by atoms with Gasteiger partial charge in [0.1, 0.15) is 19.3 Å². The van der Waals surface area contributed by atoms with Crippen LogP contribution in [0.25, 0.3) is 0 Å². The van der Waals surface area contributed by atoms with Gasteiger partial charge in [0.25, 0.3) is 0 Å². The molecule has 9 nitrogen and oxygen atoms in total. The van der Waals surface area contributed by atoms with Crippen LogP contribution in [-0.2, 0) is 27.9 Å². The lowest BCUT2D eigenvalue weighted by Crippen LogP contribution is -2.47. The number of esters is 1. The SMILES string of the molecule is CC/C=C\C/C=C\C/C=C\C/C=C\C/C=C\C/C=C\CCC(=O)NC(COP(=O)(O)OCC[N+](C)(C)C)C(/C=C\CCCCCCCCCCC)OC(=O)CCCCCCC\C=C/C=C/C=C/CC. The molecule has 0 heterocycles. The Kier molecular flexibility index (Phi) is 45.6. The van der Waals surface area contributed by atoms with E-state index < -0.39 is 20.0 Å². The summed E-state index contributed by atoms with van der Waals surface area (Å²) in [7, 11) is 1.41. The number of carbonyl (C=O) groups is 2. The zero-order chi connectivity index (χ0) is 50.8. The van der Waals surface area contributed by atoms with Crippen LogP contribution in [0.5, 0.6) is 0 Å². The monoisotopic (exact) mass is 980 g/mol. The molecule has 0 fully saturated rings. The van der Waals surface area contributed by atoms with Crippen LogP contribution in [0.2, 0.25) is 0 Å². The zero-order valence-electron chi connectivity index (χ0n) is 44.5. The van der Waals surface area contributed by atoms with Gasteiger partial charge in [0.15, 0.2) is 0 Å². The third-order valence-electron chi connectivity index (χ3n) is 11.0. The molecule has 0 aliphatic carbocycles. The van der Waals surface area contributed by atoms with Gasteiger partial charge in [-0.05, 0) is 89.5 Å². The normalized spacial score (nSPS) is 14.8. The lowest BCUT2D eigenvalue weighted by atomic mass is 10.1. The van der Waals surface area contributed by atoms with Gasteiger partial charge in [0.05, 0.1) is 33.8 Å². The van der Waals surface area contributed by atoms with Crippen molar-refractivity contribution in [2.75, 3.05) is 40.9 Å². The Morgan fingerprint density at radius 1 is 0.536 bits per heavy atom. The maximum absolute atomic E-state index is 13.4. The van der Waals surface area contributed by atoms with Crippen molar-refractivity contribution in [1.29, 1.82) is 0 Å². The maximum Gasteiger partial charge on any atom is 0.472 e. The number of amides is 1. The summed E-state index contributed by atoms with van der Waals surface area (Å²) in [6.45, 7) is 6.64. The van der Waals surface area contributed by atoms with Gasteiger partial charge in [-0.15, -0.1) is 0 Å². The fraction of sp³-hybridized carbons (Fsp3) is 0.627. The molecule has 392 valence electrons. The third kappa shape index (κ3) is 49.2. The molecule has 1 amide bonds. The number of hydrogen-bond acceptors (Lipinski definition) is 6. The minimum atomic E-state index is -4.47. The first-order valence-electron chi connectivity index (χ1n) is 26.9. The van der Waals surface area contributed by atoms with E-state index in [0.29, 0.717) is 23.9 Å². The Balaban J connectivity index is 5.52. The van der Waals surface area contributed by atoms with Gasteiger partial charge >= 0.3 is 13.8 Å². The standard InChI is InChI=1S/C59H99N2O7P/c1-7-10-13-16-19-22-25-27-28-29-30-31-32-34-36-39-42-45-48-51-58(62)60-56(55-67-69(64,65)66-54-53-61(4,5)6)57(50-47-44-41-38-35-24-21-18-15-12-9-3)68-59(63)52-49-46-43-40-37-33-26-23-20-17-14-11-8-2/h10-11,13-14,17,19-20,22-23,26-28,30-31,34,36,42,45,47,50,56-57H,7-9,12,15-16,18,21,24-25,29,32-33,35,37-41,43-44,46,48-49,51-55H2,1-6H3,(H-,60,62,64,65)/p+1/b13-10-,14-11+,20-17+,22-19-,26-23-,28-27-,31-30-,36-34-,45-42-,50-47-. The number of quaternary nitrogens is 1. The number of unbranched alkanes of at least 4 members (excludes halogenated alkanes) is 14. The third-order valence-corrected chi connectivity index (χ3v) is 12.0. The Labute approximate surface area is 423 Å². The molecule has 0 aromatic heterocycles. The molecule has 0 rings (SSSR count). The average Bonchev–Trinajstić information content (AvgIpc) is 3.31. The number of carbonyl (C=O) groups excluding carboxylic acids is 2. The molecule has 3 atom stereocenters. The summed E-state index contributed by atoms with van der Waals surface area (Å²) in [5.41, 5.74) is 0. The molecule has 3 unspecified atom stereocenters. The minimum Gasteiger partial charge on any atom is -0.456 e. The van der Waals surface area contributed by atoms with Gasteiger partial charge in [-0.3, -0.25) is 18.6 Å². The molecule has 69 heavy (non-hydrogen) atoms. The summed E-state index contributed by atoms with van der Waals surface area (Å²) in [5.74, 6) is -0.641. The average molecular weight is 980 g/mol. The van der Waals surface area contributed by atoms with Crippen molar-refractivity contribution in [3.63, 3.8) is 0 Å². The van der Waals surface area contributed by atoms with Crippen LogP contribution in [0.1, 0.15) is 188 Å². The number of rotatable bonds is 46. The number of phosphoric ester groups is 1. The second-order valence-corrected chi connectivity index (χ2v) is 20.1. The molecule has 0 aliphatic rings. The second kappa shape index (κ2) is 48.1. The van der Waals surface area contributed by atoms with Crippen LogP contribution >= 0.6 is 7.82 Å². The minimum absolute atomic E-state index is 0.0162. The van der Waals surface area contributed by atoms with Crippen LogP contribution in [0.4, 0.5) is 0 Å². The van der Waals surface area contributed by atoms with Gasteiger partial charge in [0, 0.05) is 12.8 Å². The number of hydrogen-bond donors (Lipinski definition) is 2. The van der Waals surface area contributed by atoms with Crippen molar-refractivity contribution in [3.05, 3.63) is 122 Å². The van der Waals surface area contributed by atoms with E-state index in [2.05, 4.69) is 117 Å². The molecule has 0 saturated carbocycles. The number of likely N-dealkylation sites (N-methyl/N-ethyl adjacent to an activating group) is 1. The van der Waals surface area contributed by atoms with Crippen LogP contribution in [-0.4, -0.2) is 74.3 Å². The summed E-state index contributed by atoms with van der Waals surface area (Å²) < 4.78 is 30.4. The van der Waals surface area contributed by atoms with Crippen molar-refractivity contribution in [2.24, 2.45) is 0 Å². The summed E-state index contributed by atoms with van der Waals surface area (Å²) in [6.07, 6.45) is 66.5. The second-order valence-electron chi connectivity index (χ2n) is 18.7. The first kappa shape index (κ1) is 65.4. The van der Waals surface area contributed by atoms with Gasteiger partial charge < -0.3 is 19.4 Å². The molecule has 10 heteroatoms. The topological polar surface area (TPSA) is 111 Å². The predicted octanol–water partition coefficient (Wildman–Crippen LogP) is 16.0. The lowest BCUT2D eigenvalue weighted by molar-refractivity contribution is -0.870. The summed E-state index contributed by atoms with van der Waals surface area (Å²) in [5, 5.41) is 2.98. The Morgan fingerprint density at radius 3 is 1.55 bits per heavy atom. The summed E-state index contributed by atoms with van der Waals surface area (Å²) in [4.78, 5) is 37.4. The van der Waals surface area contributed by atoms with E-state index in [1.165, 1.54) is 44.9 Å². The summed E-state index contributed by atoms with van der Waals surface area (Å²) >= 11 is 0. The van der Waals surface area contributed by atoms with E-state index in [1.54, 1.807) is 0 Å². The van der Waals surface area contributed by atoms with Crippen LogP contribution in [0, 0.1) is 0 Å². The van der Waals surface area contributed by atoms with E-state index in [-0.39, 0.29) is 37.9 Å². The van der Waals surface area contributed by atoms with Crippen molar-refractivity contribution in [2.45, 2.75) is 200 Å². The molecular formula is C59H100N2O7P+. The zero-order valence-corrected chi connectivity index (χ0v) is 45.4. The van der Waals surface area contributed by atoms with E-state index in [1.807, 2.05) is 51.5 Å². The Morgan fingerprint density at radius 2 is 1.01 bits per heavy atom. The molecule has 0 bridgehead atoms. The molecular weight excluding hydrogens is 880 g/mol. The molecule has 0 aromatic carbocycles. The fourth-order valence-corrected chi connectivity index (χ4v) is 7.58. The van der Waals surface area contributed by atoms with Crippen LogP contribution in [0.3, 0.4) is 0 Å². The molecule has 0 aromatic rings. The molecule has 2 N–H and O–H groups in total. The van der Waals surface area contributed by atoms with E-state index in [4.69, 9.17) is 13.8 Å². The predicted molar refractivity (Wildman–Crippen MR) is 295 cm³/mol. The highest BCUT2D eigenvalue weighted by molar-refractivity contribution is 7.47. The number of ether oxygens (including phenoxy) is 1. The molecule has 0 spiro atoms. The van der Waals surface area contributed by atoms with Crippen molar-refractivity contribution in [3.8, 4) is 0 Å². The van der Waals surface area contributed by atoms with Crippen molar-refractivity contribution in [1.82, 2.24) is 5.32 Å². The number of phosphoric acid groups is 1. The van der Waals surface area contributed by atoms with Gasteiger partial charge in [-0.2, -0.15) is 0 Å². The van der Waals surface area contributed by atoms with Crippen LogP contribution < -0.4 is 5.32 Å². The van der Waals surface area contributed by atoms with E-state index >= 15 is 0 Å². The molecule has 0 radical (unpaired) electrons. The first-order chi connectivity index (χ1) is 33.4. The molecule has 0 aliphatic heterocycles. The van der Waals surface area contributed by atoms with Gasteiger partial charge in [-0.25, -0.2) is 4.57 Å². The highest BCUT2D eigenvalue weighted by atomic mass is 31.2. The highest BCUT2D eigenvalue weighted by Crippen LogP contribution is 2.43. The smallest absolute Gasteiger partial charge is 0.456 e. The van der Waals surface area contributed by atoms with Gasteiger partial charge in [-0.1, -0.05) is 207 Å². The first-order valence-corrected chi connectivity index (χ1v) is 28.4. The van der Waals surface area contributed by atoms with Crippen molar-refractivity contribution >= 4 is 19.7 Å². The van der Waals surface area contributed by atoms with E-state index in [0.717, 1.165) is 96.3 Å². The number of allylic oxidation sites excluding steroid dienone is 19. The lowest BCUT2D eigenvalue weighted by Gasteiger charge is -2.27. The Hall–Kier alpha value is -3.59. The van der Waals surface area contributed by atoms with Crippen LogP contribution in [0.15, 0.2) is 122 Å². The summed E-state index contributed by atoms with van der Waals surface area (Å²) in [6, 6.07) is -0.904. The highest BCUT2D eigenvalue weighted by Gasteiger charge is 2.30. The Bertz CT molecular complexity index is 1600. The molecule has 0 saturated heterocycles. The number of nitrogens with one attached hydrogen (secondary N) is 1. The maximum atomic E-state index is 13.4. The van der Waals surface area contributed by atoms with E-state index in [9.17, 15) is 19.0 Å².